The molecule has 0 aliphatic rings. The van der Waals surface area contributed by atoms with Gasteiger partial charge >= 0.3 is 0 Å². The number of carbonyl (C=O) groups is 1. The molecule has 0 unspecified atom stereocenters. The summed E-state index contributed by atoms with van der Waals surface area (Å²) in [5.41, 5.74) is 1.32. The Balaban J connectivity index is 2.07. The molecule has 0 bridgehead atoms. The normalized spacial score (nSPS) is 10.3. The van der Waals surface area contributed by atoms with Crippen LogP contribution in [0.5, 0.6) is 0 Å². The molecule has 2 aromatic rings. The molecule has 0 saturated heterocycles. The highest BCUT2D eigenvalue weighted by Gasteiger charge is 2.08. The highest BCUT2D eigenvalue weighted by Crippen LogP contribution is 2.23. The second kappa shape index (κ2) is 6.30. The third-order valence-corrected chi connectivity index (χ3v) is 3.64. The first-order valence-electron chi connectivity index (χ1n) is 5.54. The van der Waals surface area contributed by atoms with Gasteiger partial charge in [0, 0.05) is 8.95 Å². The summed E-state index contributed by atoms with van der Waals surface area (Å²) in [6.45, 7) is 0. The van der Waals surface area contributed by atoms with Crippen LogP contribution >= 0.6 is 31.9 Å². The number of benzene rings is 2. The molecule has 0 aliphatic carbocycles. The van der Waals surface area contributed by atoms with E-state index in [0.29, 0.717) is 10.2 Å². The zero-order chi connectivity index (χ0) is 13.8. The molecular weight excluding hydrogens is 377 g/mol. The van der Waals surface area contributed by atoms with Crippen LogP contribution in [0.25, 0.3) is 0 Å². The van der Waals surface area contributed by atoms with E-state index in [2.05, 4.69) is 37.2 Å². The van der Waals surface area contributed by atoms with Gasteiger partial charge in [-0.1, -0.05) is 28.1 Å². The Hall–Kier alpha value is -1.20. The van der Waals surface area contributed by atoms with Crippen LogP contribution in [0.3, 0.4) is 0 Å². The van der Waals surface area contributed by atoms with Gasteiger partial charge in [0.15, 0.2) is 0 Å². The van der Waals surface area contributed by atoms with Gasteiger partial charge in [0.25, 0.3) is 0 Å². The number of carbonyl (C=O) groups excluding carboxylic acids is 1. The van der Waals surface area contributed by atoms with E-state index in [4.69, 9.17) is 0 Å². The van der Waals surface area contributed by atoms with Gasteiger partial charge in [-0.15, -0.1) is 0 Å². The Bertz CT molecular complexity index is 616. The van der Waals surface area contributed by atoms with Crippen LogP contribution in [-0.2, 0) is 11.2 Å². The van der Waals surface area contributed by atoms with E-state index in [9.17, 15) is 9.18 Å². The van der Waals surface area contributed by atoms with Gasteiger partial charge in [0.1, 0.15) is 5.82 Å². The average Bonchev–Trinajstić information content (AvgIpc) is 2.34. The topological polar surface area (TPSA) is 29.1 Å². The Kier molecular flexibility index (Phi) is 4.71. The van der Waals surface area contributed by atoms with E-state index in [0.717, 1.165) is 10.0 Å². The van der Waals surface area contributed by atoms with E-state index in [-0.39, 0.29) is 18.1 Å². The molecule has 5 heteroatoms. The minimum atomic E-state index is -0.388. The Morgan fingerprint density at radius 3 is 2.68 bits per heavy atom. The van der Waals surface area contributed by atoms with Crippen molar-refractivity contribution in [2.45, 2.75) is 6.42 Å². The van der Waals surface area contributed by atoms with Gasteiger partial charge in [-0.25, -0.2) is 4.39 Å². The molecule has 2 rings (SSSR count). The molecule has 2 aromatic carbocycles. The van der Waals surface area contributed by atoms with Crippen molar-refractivity contribution in [3.63, 3.8) is 0 Å². The molecule has 2 nitrogen and oxygen atoms in total. The molecule has 0 aliphatic heterocycles. The van der Waals surface area contributed by atoms with Crippen LogP contribution in [0.1, 0.15) is 5.56 Å². The maximum Gasteiger partial charge on any atom is 0.228 e. The largest absolute Gasteiger partial charge is 0.325 e. The standard InChI is InChI=1S/C14H10Br2FNO/c15-10-3-1-2-9(6-10)7-14(19)18-13-8-11(17)4-5-12(13)16/h1-6,8H,7H2,(H,18,19). The molecule has 0 aromatic heterocycles. The fourth-order valence-corrected chi connectivity index (χ4v) is 2.41. The maximum atomic E-state index is 13.1. The van der Waals surface area contributed by atoms with Crippen molar-refractivity contribution in [2.75, 3.05) is 5.32 Å². The lowest BCUT2D eigenvalue weighted by atomic mass is 10.1. The SMILES string of the molecule is O=C(Cc1cccc(Br)c1)Nc1cc(F)ccc1Br. The van der Waals surface area contributed by atoms with Crippen molar-refractivity contribution < 1.29 is 9.18 Å². The predicted molar refractivity (Wildman–Crippen MR) is 80.6 cm³/mol. The van der Waals surface area contributed by atoms with Crippen molar-refractivity contribution in [1.82, 2.24) is 0 Å². The molecule has 0 radical (unpaired) electrons. The quantitative estimate of drug-likeness (QED) is 0.824. The second-order valence-electron chi connectivity index (χ2n) is 3.98. The summed E-state index contributed by atoms with van der Waals surface area (Å²) in [6, 6.07) is 11.7. The van der Waals surface area contributed by atoms with Crippen molar-refractivity contribution >= 4 is 43.5 Å². The molecule has 0 atom stereocenters. The number of rotatable bonds is 3. The number of halogens is 3. The van der Waals surface area contributed by atoms with Gasteiger partial charge < -0.3 is 5.32 Å². The minimum absolute atomic E-state index is 0.190. The number of amides is 1. The van der Waals surface area contributed by atoms with Gasteiger partial charge in [0.05, 0.1) is 12.1 Å². The third kappa shape index (κ3) is 4.14. The Morgan fingerprint density at radius 1 is 1.16 bits per heavy atom. The smallest absolute Gasteiger partial charge is 0.228 e. The first kappa shape index (κ1) is 14.2. The maximum absolute atomic E-state index is 13.1. The molecule has 19 heavy (non-hydrogen) atoms. The van der Waals surface area contributed by atoms with Crippen LogP contribution in [0.2, 0.25) is 0 Å². The molecular formula is C14H10Br2FNO. The minimum Gasteiger partial charge on any atom is -0.325 e. The van der Waals surface area contributed by atoms with E-state index in [1.165, 1.54) is 12.1 Å². The van der Waals surface area contributed by atoms with Crippen molar-refractivity contribution in [1.29, 1.82) is 0 Å². The number of hydrogen-bond acceptors (Lipinski definition) is 1. The lowest BCUT2D eigenvalue weighted by Gasteiger charge is -2.07. The first-order chi connectivity index (χ1) is 9.04. The van der Waals surface area contributed by atoms with Crippen LogP contribution in [-0.4, -0.2) is 5.91 Å². The Morgan fingerprint density at radius 2 is 1.95 bits per heavy atom. The third-order valence-electron chi connectivity index (χ3n) is 2.46. The molecule has 0 saturated carbocycles. The van der Waals surface area contributed by atoms with E-state index in [1.54, 1.807) is 6.07 Å². The highest BCUT2D eigenvalue weighted by atomic mass is 79.9. The van der Waals surface area contributed by atoms with E-state index in [1.807, 2.05) is 24.3 Å². The predicted octanol–water partition coefficient (Wildman–Crippen LogP) is 4.53. The van der Waals surface area contributed by atoms with E-state index >= 15 is 0 Å². The summed E-state index contributed by atoms with van der Waals surface area (Å²) in [6.07, 6.45) is 0.238. The van der Waals surface area contributed by atoms with Gasteiger partial charge in [-0.3, -0.25) is 4.79 Å². The molecule has 1 N–H and O–H groups in total. The van der Waals surface area contributed by atoms with Crippen molar-refractivity contribution in [3.8, 4) is 0 Å². The summed E-state index contributed by atoms with van der Waals surface area (Å²) >= 11 is 6.62. The van der Waals surface area contributed by atoms with Crippen LogP contribution in [0, 0.1) is 5.82 Å². The fourth-order valence-electron chi connectivity index (χ4n) is 1.62. The molecule has 98 valence electrons. The Labute approximate surface area is 127 Å². The van der Waals surface area contributed by atoms with Crippen LogP contribution in [0.15, 0.2) is 51.4 Å². The summed E-state index contributed by atoms with van der Waals surface area (Å²) in [5.74, 6) is -0.578. The number of anilines is 1. The lowest BCUT2D eigenvalue weighted by Crippen LogP contribution is -2.14. The monoisotopic (exact) mass is 385 g/mol. The number of hydrogen-bond donors (Lipinski definition) is 1. The second-order valence-corrected chi connectivity index (χ2v) is 5.75. The van der Waals surface area contributed by atoms with Gasteiger partial charge in [-0.05, 0) is 51.8 Å². The van der Waals surface area contributed by atoms with Crippen LogP contribution < -0.4 is 5.32 Å². The van der Waals surface area contributed by atoms with Gasteiger partial charge in [0.2, 0.25) is 5.91 Å². The fraction of sp³-hybridized carbons (Fsp3) is 0.0714. The molecule has 0 spiro atoms. The van der Waals surface area contributed by atoms with Crippen molar-refractivity contribution in [3.05, 3.63) is 62.8 Å². The molecule has 0 fully saturated rings. The zero-order valence-corrected chi connectivity index (χ0v) is 13.0. The lowest BCUT2D eigenvalue weighted by molar-refractivity contribution is -0.115. The summed E-state index contributed by atoms with van der Waals surface area (Å²) in [4.78, 5) is 11.9. The molecule has 1 amide bonds. The highest BCUT2D eigenvalue weighted by molar-refractivity contribution is 9.10. The zero-order valence-electron chi connectivity index (χ0n) is 9.79. The van der Waals surface area contributed by atoms with E-state index < -0.39 is 0 Å². The van der Waals surface area contributed by atoms with Gasteiger partial charge in [-0.2, -0.15) is 0 Å². The molecule has 0 heterocycles. The number of nitrogens with one attached hydrogen (secondary N) is 1. The average molecular weight is 387 g/mol. The summed E-state index contributed by atoms with van der Waals surface area (Å²) < 4.78 is 14.7. The van der Waals surface area contributed by atoms with Crippen LogP contribution in [0.4, 0.5) is 10.1 Å². The summed E-state index contributed by atoms with van der Waals surface area (Å²) in [5, 5.41) is 2.68. The van der Waals surface area contributed by atoms with Crippen molar-refractivity contribution in [2.24, 2.45) is 0 Å². The first-order valence-corrected chi connectivity index (χ1v) is 7.12. The summed E-state index contributed by atoms with van der Waals surface area (Å²) in [7, 11) is 0.